The van der Waals surface area contributed by atoms with E-state index < -0.39 is 0 Å². The Balaban J connectivity index is 1.58. The molecule has 0 spiro atoms. The third-order valence-electron chi connectivity index (χ3n) is 3.97. The van der Waals surface area contributed by atoms with Gasteiger partial charge in [-0.2, -0.15) is 5.10 Å². The molecular formula is C16H18ClFN4O. The van der Waals surface area contributed by atoms with E-state index in [1.807, 2.05) is 17.9 Å². The van der Waals surface area contributed by atoms with Gasteiger partial charge < -0.3 is 9.80 Å². The Morgan fingerprint density at radius 3 is 2.65 bits per heavy atom. The quantitative estimate of drug-likeness (QED) is 0.936. The maximum Gasteiger partial charge on any atom is 0.228 e. The number of nitrogens with zero attached hydrogens (tertiary/aromatic N) is 3. The minimum Gasteiger partial charge on any atom is -0.367 e. The fourth-order valence-electron chi connectivity index (χ4n) is 2.77. The highest BCUT2D eigenvalue weighted by Gasteiger charge is 2.23. The van der Waals surface area contributed by atoms with E-state index in [1.54, 1.807) is 6.07 Å². The first-order valence-electron chi connectivity index (χ1n) is 7.51. The zero-order chi connectivity index (χ0) is 16.4. The van der Waals surface area contributed by atoms with Gasteiger partial charge in [-0.15, -0.1) is 0 Å². The van der Waals surface area contributed by atoms with Gasteiger partial charge in [-0.3, -0.25) is 9.89 Å². The first kappa shape index (κ1) is 15.8. The monoisotopic (exact) mass is 336 g/mol. The molecule has 1 amide bonds. The Morgan fingerprint density at radius 1 is 1.30 bits per heavy atom. The topological polar surface area (TPSA) is 52.2 Å². The maximum atomic E-state index is 13.1. The summed E-state index contributed by atoms with van der Waals surface area (Å²) in [5.41, 5.74) is 2.52. The number of aryl methyl sites for hydroxylation is 1. The number of rotatable bonds is 3. The van der Waals surface area contributed by atoms with Gasteiger partial charge in [0.05, 0.1) is 22.8 Å². The van der Waals surface area contributed by atoms with Crippen LogP contribution in [0.1, 0.15) is 11.4 Å². The summed E-state index contributed by atoms with van der Waals surface area (Å²) in [6.45, 7) is 4.51. The lowest BCUT2D eigenvalue weighted by Gasteiger charge is -2.36. The third kappa shape index (κ3) is 3.64. The molecule has 0 radical (unpaired) electrons. The van der Waals surface area contributed by atoms with Crippen molar-refractivity contribution in [1.29, 1.82) is 0 Å². The number of aromatic nitrogens is 2. The van der Waals surface area contributed by atoms with Crippen molar-refractivity contribution < 1.29 is 9.18 Å². The molecule has 1 aliphatic heterocycles. The van der Waals surface area contributed by atoms with E-state index in [4.69, 9.17) is 11.6 Å². The summed E-state index contributed by atoms with van der Waals surface area (Å²) in [6, 6.07) is 6.28. The van der Waals surface area contributed by atoms with Gasteiger partial charge in [0.15, 0.2) is 0 Å². The molecule has 0 bridgehead atoms. The molecule has 0 saturated carbocycles. The lowest BCUT2D eigenvalue weighted by atomic mass is 10.2. The molecule has 1 N–H and O–H groups in total. The first-order valence-corrected chi connectivity index (χ1v) is 7.89. The normalized spacial score (nSPS) is 15.1. The summed E-state index contributed by atoms with van der Waals surface area (Å²) in [5.74, 6) is -0.275. The van der Waals surface area contributed by atoms with Crippen LogP contribution < -0.4 is 4.90 Å². The average molecular weight is 337 g/mol. The minimum atomic E-state index is -0.346. The zero-order valence-electron chi connectivity index (χ0n) is 12.9. The van der Waals surface area contributed by atoms with E-state index in [0.29, 0.717) is 37.6 Å². The van der Waals surface area contributed by atoms with Crippen LogP contribution in [-0.2, 0) is 11.2 Å². The third-order valence-corrected chi connectivity index (χ3v) is 4.28. The number of anilines is 1. The molecule has 0 unspecified atom stereocenters. The van der Waals surface area contributed by atoms with Gasteiger partial charge in [0.25, 0.3) is 0 Å². The van der Waals surface area contributed by atoms with E-state index in [-0.39, 0.29) is 11.7 Å². The highest BCUT2D eigenvalue weighted by atomic mass is 35.5. The van der Waals surface area contributed by atoms with Crippen LogP contribution in [0.3, 0.4) is 0 Å². The lowest BCUT2D eigenvalue weighted by Crippen LogP contribution is -2.49. The Labute approximate surface area is 139 Å². The maximum absolute atomic E-state index is 13.1. The molecule has 23 heavy (non-hydrogen) atoms. The van der Waals surface area contributed by atoms with Crippen molar-refractivity contribution in [1.82, 2.24) is 15.1 Å². The number of piperazine rings is 1. The number of amides is 1. The molecule has 2 aromatic rings. The number of carbonyl (C=O) groups is 1. The summed E-state index contributed by atoms with van der Waals surface area (Å²) in [6.07, 6.45) is 0.307. The smallest absolute Gasteiger partial charge is 0.228 e. The SMILES string of the molecule is Cc1cc(CC(=O)N2CCN(c3ccc(F)cc3Cl)CC2)n[nH]1. The summed E-state index contributed by atoms with van der Waals surface area (Å²) in [7, 11) is 0. The van der Waals surface area contributed by atoms with E-state index in [0.717, 1.165) is 17.1 Å². The Hall–Kier alpha value is -2.08. The molecule has 7 heteroatoms. The Morgan fingerprint density at radius 2 is 2.04 bits per heavy atom. The summed E-state index contributed by atoms with van der Waals surface area (Å²) >= 11 is 6.10. The van der Waals surface area contributed by atoms with Crippen LogP contribution in [0.2, 0.25) is 5.02 Å². The highest BCUT2D eigenvalue weighted by molar-refractivity contribution is 6.33. The van der Waals surface area contributed by atoms with Gasteiger partial charge in [-0.25, -0.2) is 4.39 Å². The predicted molar refractivity (Wildman–Crippen MR) is 87.2 cm³/mol. The molecule has 1 aromatic heterocycles. The molecule has 1 aromatic carbocycles. The number of benzene rings is 1. The van der Waals surface area contributed by atoms with Crippen LogP contribution >= 0.6 is 11.6 Å². The number of H-pyrrole nitrogens is 1. The van der Waals surface area contributed by atoms with Gasteiger partial charge in [0.2, 0.25) is 5.91 Å². The van der Waals surface area contributed by atoms with Crippen molar-refractivity contribution in [2.24, 2.45) is 0 Å². The van der Waals surface area contributed by atoms with Crippen LogP contribution in [-0.4, -0.2) is 47.2 Å². The van der Waals surface area contributed by atoms with E-state index in [9.17, 15) is 9.18 Å². The second kappa shape index (κ2) is 6.58. The van der Waals surface area contributed by atoms with Crippen LogP contribution in [0.15, 0.2) is 24.3 Å². The molecule has 0 aliphatic carbocycles. The molecule has 122 valence electrons. The van der Waals surface area contributed by atoms with Crippen molar-refractivity contribution in [3.63, 3.8) is 0 Å². The second-order valence-electron chi connectivity index (χ2n) is 5.68. The Bertz CT molecular complexity index is 710. The largest absolute Gasteiger partial charge is 0.367 e. The van der Waals surface area contributed by atoms with Crippen molar-refractivity contribution in [3.8, 4) is 0 Å². The number of hydrogen-bond donors (Lipinski definition) is 1. The van der Waals surface area contributed by atoms with Crippen molar-refractivity contribution >= 4 is 23.2 Å². The van der Waals surface area contributed by atoms with Gasteiger partial charge >= 0.3 is 0 Å². The summed E-state index contributed by atoms with van der Waals surface area (Å²) < 4.78 is 13.1. The number of halogens is 2. The average Bonchev–Trinajstić information content (AvgIpc) is 2.92. The fraction of sp³-hybridized carbons (Fsp3) is 0.375. The first-order chi connectivity index (χ1) is 11.0. The molecule has 1 saturated heterocycles. The van der Waals surface area contributed by atoms with Crippen LogP contribution in [0.5, 0.6) is 0 Å². The molecule has 3 rings (SSSR count). The van der Waals surface area contributed by atoms with Gasteiger partial charge in [-0.05, 0) is 31.2 Å². The standard InChI is InChI=1S/C16H18ClFN4O/c1-11-8-13(20-19-11)10-16(23)22-6-4-21(5-7-22)15-3-2-12(18)9-14(15)17/h2-3,8-9H,4-7,10H2,1H3,(H,19,20). The number of carbonyl (C=O) groups excluding carboxylic acids is 1. The molecule has 2 heterocycles. The summed E-state index contributed by atoms with van der Waals surface area (Å²) in [5, 5.41) is 7.34. The predicted octanol–water partition coefficient (Wildman–Crippen LogP) is 2.40. The lowest BCUT2D eigenvalue weighted by molar-refractivity contribution is -0.130. The molecule has 0 atom stereocenters. The van der Waals surface area contributed by atoms with E-state index in [1.165, 1.54) is 12.1 Å². The Kier molecular flexibility index (Phi) is 4.52. The molecular weight excluding hydrogens is 319 g/mol. The minimum absolute atomic E-state index is 0.0707. The van der Waals surface area contributed by atoms with Crippen molar-refractivity contribution in [2.75, 3.05) is 31.1 Å². The number of nitrogens with one attached hydrogen (secondary N) is 1. The van der Waals surface area contributed by atoms with E-state index in [2.05, 4.69) is 15.1 Å². The zero-order valence-corrected chi connectivity index (χ0v) is 13.6. The molecule has 5 nitrogen and oxygen atoms in total. The second-order valence-corrected chi connectivity index (χ2v) is 6.09. The molecule has 1 fully saturated rings. The van der Waals surface area contributed by atoms with Crippen LogP contribution in [0.4, 0.5) is 10.1 Å². The number of hydrogen-bond acceptors (Lipinski definition) is 3. The number of aromatic amines is 1. The van der Waals surface area contributed by atoms with Crippen LogP contribution in [0.25, 0.3) is 0 Å². The van der Waals surface area contributed by atoms with Gasteiger partial charge in [-0.1, -0.05) is 11.6 Å². The highest BCUT2D eigenvalue weighted by Crippen LogP contribution is 2.27. The van der Waals surface area contributed by atoms with E-state index >= 15 is 0 Å². The fourth-order valence-corrected chi connectivity index (χ4v) is 3.05. The van der Waals surface area contributed by atoms with Crippen LogP contribution in [0, 0.1) is 12.7 Å². The van der Waals surface area contributed by atoms with Gasteiger partial charge in [0, 0.05) is 31.9 Å². The molecule has 1 aliphatic rings. The van der Waals surface area contributed by atoms with Crippen molar-refractivity contribution in [3.05, 3.63) is 46.5 Å². The summed E-state index contributed by atoms with van der Waals surface area (Å²) in [4.78, 5) is 16.2. The van der Waals surface area contributed by atoms with Crippen molar-refractivity contribution in [2.45, 2.75) is 13.3 Å². The van der Waals surface area contributed by atoms with Gasteiger partial charge in [0.1, 0.15) is 5.82 Å².